The molecule has 64 heavy (non-hydrogen) atoms. The third-order valence-electron chi connectivity index (χ3n) is 13.1. The molecule has 0 saturated heterocycles. The number of hydrogen-bond donors (Lipinski definition) is 0. The van der Waals surface area contributed by atoms with E-state index in [9.17, 15) is 0 Å². The van der Waals surface area contributed by atoms with Crippen molar-refractivity contribution in [2.45, 2.75) is 17.2 Å². The summed E-state index contributed by atoms with van der Waals surface area (Å²) in [5, 5.41) is 5.00. The largest absolute Gasteiger partial charge is 0.309 e. The molecule has 1 atom stereocenters. The first-order chi connectivity index (χ1) is 31.8. The van der Waals surface area contributed by atoms with Crippen LogP contribution in [0.5, 0.6) is 0 Å². The monoisotopic (exact) mass is 833 g/mol. The van der Waals surface area contributed by atoms with E-state index in [0.717, 1.165) is 23.5 Å². The zero-order chi connectivity index (χ0) is 42.4. The van der Waals surface area contributed by atoms with Gasteiger partial charge in [-0.15, -0.1) is 0 Å². The Bertz CT molecular complexity index is 3420. The minimum atomic E-state index is 0.369. The second kappa shape index (κ2) is 16.2. The minimum absolute atomic E-state index is 0.369. The maximum atomic E-state index is 2.50. The van der Waals surface area contributed by atoms with Gasteiger partial charge < -0.3 is 4.90 Å². The minimum Gasteiger partial charge on any atom is -0.309 e. The van der Waals surface area contributed by atoms with Crippen LogP contribution < -0.4 is 4.90 Å². The Morgan fingerprint density at radius 3 is 1.73 bits per heavy atom. The number of thioether (sulfide) groups is 1. The van der Waals surface area contributed by atoms with Crippen molar-refractivity contribution < 1.29 is 0 Å². The van der Waals surface area contributed by atoms with Crippen molar-refractivity contribution in [1.82, 2.24) is 0 Å². The molecule has 2 aliphatic rings. The number of nitrogens with zero attached hydrogens (tertiary/aromatic N) is 1. The molecule has 0 saturated carbocycles. The van der Waals surface area contributed by atoms with Crippen LogP contribution in [-0.2, 0) is 0 Å². The summed E-state index contributed by atoms with van der Waals surface area (Å²) in [6.45, 7) is 0. The Kier molecular flexibility index (Phi) is 9.66. The summed E-state index contributed by atoms with van der Waals surface area (Å²) in [5.74, 6) is 0.369. The van der Waals surface area contributed by atoms with Crippen LogP contribution in [0.2, 0.25) is 0 Å². The van der Waals surface area contributed by atoms with Crippen LogP contribution in [0.1, 0.15) is 23.5 Å². The fraction of sp³-hybridized carbons (Fsp3) is 0.0323. The topological polar surface area (TPSA) is 3.24 Å². The Labute approximate surface area is 379 Å². The van der Waals surface area contributed by atoms with Crippen LogP contribution in [0.4, 0.5) is 17.1 Å². The second-order valence-corrected chi connectivity index (χ2v) is 17.8. The van der Waals surface area contributed by atoms with Gasteiger partial charge in [-0.2, -0.15) is 0 Å². The number of para-hydroxylation sites is 2. The fourth-order valence-corrected chi connectivity index (χ4v) is 11.4. The normalized spacial score (nSPS) is 14.2. The fourth-order valence-electron chi connectivity index (χ4n) is 10.0. The molecule has 12 rings (SSSR count). The lowest BCUT2D eigenvalue weighted by atomic mass is 9.86. The van der Waals surface area contributed by atoms with Crippen molar-refractivity contribution in [2.75, 3.05) is 4.90 Å². The Morgan fingerprint density at radius 2 is 0.938 bits per heavy atom. The van der Waals surface area contributed by atoms with E-state index in [1.165, 1.54) is 92.6 Å². The van der Waals surface area contributed by atoms with Gasteiger partial charge in [0.2, 0.25) is 0 Å². The lowest BCUT2D eigenvalue weighted by Crippen LogP contribution is -2.14. The molecule has 10 aromatic carbocycles. The summed E-state index contributed by atoms with van der Waals surface area (Å²) in [6.07, 6.45) is 5.77. The highest BCUT2D eigenvalue weighted by molar-refractivity contribution is 8.03. The predicted molar refractivity (Wildman–Crippen MR) is 274 cm³/mol. The van der Waals surface area contributed by atoms with Crippen molar-refractivity contribution in [2.24, 2.45) is 0 Å². The van der Waals surface area contributed by atoms with Crippen LogP contribution in [0.15, 0.2) is 252 Å². The SMILES string of the molecule is C1=CC(c2ccccc2N(c2ccc(-c3ccc(-c4cccc5ccccc45)cc3)cc2)c2ccccc2-c2cccc3cccc(-c4ccccc4)c23)=C2Sc3ccccc3C2C1. The number of benzene rings is 10. The lowest BCUT2D eigenvalue weighted by molar-refractivity contribution is 0.841. The highest BCUT2D eigenvalue weighted by Gasteiger charge is 2.33. The Balaban J connectivity index is 1.02. The van der Waals surface area contributed by atoms with Crippen LogP contribution in [0, 0.1) is 0 Å². The van der Waals surface area contributed by atoms with Gasteiger partial charge >= 0.3 is 0 Å². The molecule has 0 bridgehead atoms. The van der Waals surface area contributed by atoms with Crippen LogP contribution >= 0.6 is 11.8 Å². The molecule has 1 heterocycles. The molecule has 0 fully saturated rings. The van der Waals surface area contributed by atoms with Crippen LogP contribution in [0.3, 0.4) is 0 Å². The molecule has 0 amide bonds. The average molecular weight is 834 g/mol. The van der Waals surface area contributed by atoms with E-state index in [0.29, 0.717) is 5.92 Å². The van der Waals surface area contributed by atoms with E-state index in [4.69, 9.17) is 0 Å². The smallest absolute Gasteiger partial charge is 0.0540 e. The second-order valence-electron chi connectivity index (χ2n) is 16.7. The van der Waals surface area contributed by atoms with Gasteiger partial charge in [-0.25, -0.2) is 0 Å². The van der Waals surface area contributed by atoms with Gasteiger partial charge in [0.25, 0.3) is 0 Å². The molecule has 1 unspecified atom stereocenters. The van der Waals surface area contributed by atoms with Crippen LogP contribution in [-0.4, -0.2) is 0 Å². The first-order valence-corrected chi connectivity index (χ1v) is 23.0. The Morgan fingerprint density at radius 1 is 0.391 bits per heavy atom. The number of hydrogen-bond acceptors (Lipinski definition) is 2. The summed E-state index contributed by atoms with van der Waals surface area (Å²) in [7, 11) is 0. The average Bonchev–Trinajstić information content (AvgIpc) is 3.76. The molecule has 0 N–H and O–H groups in total. The summed E-state index contributed by atoms with van der Waals surface area (Å²) >= 11 is 1.95. The maximum Gasteiger partial charge on any atom is 0.0540 e. The summed E-state index contributed by atoms with van der Waals surface area (Å²) < 4.78 is 0. The maximum absolute atomic E-state index is 2.50. The molecule has 1 aliphatic heterocycles. The molecule has 1 aliphatic carbocycles. The van der Waals surface area contributed by atoms with E-state index in [1.54, 1.807) is 0 Å². The van der Waals surface area contributed by atoms with Gasteiger partial charge in [-0.3, -0.25) is 0 Å². The van der Waals surface area contributed by atoms with Crippen molar-refractivity contribution >= 4 is 55.9 Å². The lowest BCUT2D eigenvalue weighted by Gasteiger charge is -2.31. The van der Waals surface area contributed by atoms with E-state index < -0.39 is 0 Å². The molecule has 302 valence electrons. The van der Waals surface area contributed by atoms with Gasteiger partial charge in [0.15, 0.2) is 0 Å². The predicted octanol–water partition coefficient (Wildman–Crippen LogP) is 17.7. The van der Waals surface area contributed by atoms with Crippen molar-refractivity contribution in [3.05, 3.63) is 259 Å². The van der Waals surface area contributed by atoms with Crippen molar-refractivity contribution in [3.8, 4) is 44.5 Å². The van der Waals surface area contributed by atoms with E-state index in [-0.39, 0.29) is 0 Å². The molecular weight excluding hydrogens is 791 g/mol. The first kappa shape index (κ1) is 38.1. The number of fused-ring (bicyclic) bond motifs is 5. The summed E-state index contributed by atoms with van der Waals surface area (Å²) in [4.78, 5) is 5.31. The highest BCUT2D eigenvalue weighted by atomic mass is 32.2. The molecular formula is C62H43NS. The highest BCUT2D eigenvalue weighted by Crippen LogP contribution is 2.56. The van der Waals surface area contributed by atoms with Gasteiger partial charge in [0.05, 0.1) is 11.4 Å². The molecule has 10 aromatic rings. The van der Waals surface area contributed by atoms with E-state index >= 15 is 0 Å². The molecule has 0 aromatic heterocycles. The molecule has 2 heteroatoms. The third kappa shape index (κ3) is 6.66. The zero-order valence-electron chi connectivity index (χ0n) is 35.2. The summed E-state index contributed by atoms with van der Waals surface area (Å²) in [6, 6.07) is 84.6. The molecule has 0 spiro atoms. The van der Waals surface area contributed by atoms with Crippen molar-refractivity contribution in [3.63, 3.8) is 0 Å². The van der Waals surface area contributed by atoms with Gasteiger partial charge in [0, 0.05) is 32.5 Å². The van der Waals surface area contributed by atoms with E-state index in [1.807, 2.05) is 11.8 Å². The zero-order valence-corrected chi connectivity index (χ0v) is 36.1. The number of anilines is 3. The quantitative estimate of drug-likeness (QED) is 0.150. The first-order valence-electron chi connectivity index (χ1n) is 22.2. The number of rotatable bonds is 8. The molecule has 0 radical (unpaired) electrons. The Hall–Kier alpha value is -7.65. The molecule has 1 nitrogen and oxygen atoms in total. The third-order valence-corrected chi connectivity index (χ3v) is 14.4. The van der Waals surface area contributed by atoms with Gasteiger partial charge in [-0.1, -0.05) is 224 Å². The van der Waals surface area contributed by atoms with Crippen molar-refractivity contribution in [1.29, 1.82) is 0 Å². The van der Waals surface area contributed by atoms with Crippen LogP contribution in [0.25, 0.3) is 71.6 Å². The number of allylic oxidation sites excluding steroid dienone is 4. The van der Waals surface area contributed by atoms with Gasteiger partial charge in [0.1, 0.15) is 0 Å². The summed E-state index contributed by atoms with van der Waals surface area (Å²) in [5.41, 5.74) is 17.0. The van der Waals surface area contributed by atoms with E-state index in [2.05, 4.69) is 248 Å². The van der Waals surface area contributed by atoms with Gasteiger partial charge in [-0.05, 0) is 108 Å². The standard InChI is InChI=1S/C62H43NS/c1-2-16-45(17-3-1)51-27-13-20-47-21-14-28-55(61(47)51)52-23-6-9-31-58(52)63(59-32-10-7-24-53(59)56-29-15-30-57-54-25-8-11-33-60(54)64-62(56)57)48-40-38-43(39-41-48)42-34-36-46(37-35-42)50-26-12-19-44-18-4-5-22-49(44)50/h1-29,31-41,57H,30H2.